The highest BCUT2D eigenvalue weighted by atomic mass is 15.0. The van der Waals surface area contributed by atoms with E-state index in [0.717, 1.165) is 68.7 Å². The summed E-state index contributed by atoms with van der Waals surface area (Å²) in [6.45, 7) is 0. The van der Waals surface area contributed by atoms with Gasteiger partial charge in [-0.15, -0.1) is 0 Å². The summed E-state index contributed by atoms with van der Waals surface area (Å²) in [7, 11) is 0. The topological polar surface area (TPSA) is 61.4 Å². The van der Waals surface area contributed by atoms with Crippen molar-refractivity contribution in [2.24, 2.45) is 0 Å². The van der Waals surface area contributed by atoms with Crippen molar-refractivity contribution in [3.05, 3.63) is 223 Å². The Balaban J connectivity index is 0.929. The molecule has 6 heterocycles. The van der Waals surface area contributed by atoms with Gasteiger partial charge in [-0.05, 0) is 155 Å². The van der Waals surface area contributed by atoms with Crippen LogP contribution in [0.25, 0.3) is 116 Å². The fourth-order valence-electron chi connectivity index (χ4n) is 12.0. The van der Waals surface area contributed by atoms with Crippen LogP contribution < -0.4 is 0 Å². The van der Waals surface area contributed by atoms with Gasteiger partial charge in [0.05, 0.1) is 38.6 Å². The summed E-state index contributed by atoms with van der Waals surface area (Å²) >= 11 is 0. The zero-order valence-corrected chi connectivity index (χ0v) is 36.9. The molecule has 0 aliphatic heterocycles. The van der Waals surface area contributed by atoms with Gasteiger partial charge in [0, 0.05) is 85.5 Å². The number of para-hydroxylation sites is 2. The van der Waals surface area contributed by atoms with Crippen LogP contribution in [0.1, 0.15) is 33.9 Å². The second kappa shape index (κ2) is 14.4. The first-order chi connectivity index (χ1) is 33.7. The molecule has 1 atom stereocenters. The van der Waals surface area contributed by atoms with Gasteiger partial charge in [-0.3, -0.25) is 19.9 Å². The van der Waals surface area contributed by atoms with Crippen LogP contribution in [-0.4, -0.2) is 29.1 Å². The Kier molecular flexibility index (Phi) is 7.92. The second-order valence-corrected chi connectivity index (χ2v) is 18.5. The van der Waals surface area contributed by atoms with E-state index in [9.17, 15) is 0 Å². The minimum atomic E-state index is 0.188. The van der Waals surface area contributed by atoms with Gasteiger partial charge in [-0.2, -0.15) is 0 Å². The molecular formula is C62H40N6. The average Bonchev–Trinajstić information content (AvgIpc) is 3.92. The molecule has 15 rings (SSSR count). The van der Waals surface area contributed by atoms with E-state index in [0.29, 0.717) is 0 Å². The molecule has 6 heteroatoms. The molecule has 68 heavy (non-hydrogen) atoms. The Morgan fingerprint density at radius 1 is 0.426 bits per heavy atom. The van der Waals surface area contributed by atoms with Crippen molar-refractivity contribution in [2.75, 3.05) is 0 Å². The maximum absolute atomic E-state index is 4.86. The first-order valence-corrected chi connectivity index (χ1v) is 23.6. The molecule has 318 valence electrons. The third-order valence-corrected chi connectivity index (χ3v) is 14.9. The van der Waals surface area contributed by atoms with Crippen molar-refractivity contribution >= 4 is 82.4 Å². The second-order valence-electron chi connectivity index (χ2n) is 18.5. The van der Waals surface area contributed by atoms with Crippen LogP contribution in [0.4, 0.5) is 0 Å². The van der Waals surface area contributed by atoms with Crippen molar-refractivity contribution < 1.29 is 0 Å². The van der Waals surface area contributed by atoms with Crippen LogP contribution in [0.15, 0.2) is 195 Å². The Labute approximate surface area is 391 Å². The minimum Gasteiger partial charge on any atom is -0.309 e. The maximum Gasteiger partial charge on any atom is 0.0970 e. The molecule has 0 saturated carbocycles. The Hall–Kier alpha value is -8.74. The van der Waals surface area contributed by atoms with E-state index >= 15 is 0 Å². The van der Waals surface area contributed by atoms with Gasteiger partial charge in [0.15, 0.2) is 0 Å². The van der Waals surface area contributed by atoms with Crippen LogP contribution >= 0.6 is 0 Å². The van der Waals surface area contributed by atoms with E-state index < -0.39 is 0 Å². The van der Waals surface area contributed by atoms with E-state index in [4.69, 9.17) is 19.9 Å². The molecule has 2 aliphatic carbocycles. The highest BCUT2D eigenvalue weighted by Crippen LogP contribution is 2.48. The van der Waals surface area contributed by atoms with Gasteiger partial charge in [0.25, 0.3) is 0 Å². The number of fused-ring (bicyclic) bond motifs is 16. The molecule has 0 N–H and O–H groups in total. The number of allylic oxidation sites excluding steroid dienone is 1. The highest BCUT2D eigenvalue weighted by molar-refractivity contribution is 6.15. The van der Waals surface area contributed by atoms with Crippen molar-refractivity contribution in [2.45, 2.75) is 25.2 Å². The van der Waals surface area contributed by atoms with Gasteiger partial charge in [-0.25, -0.2) is 0 Å². The van der Waals surface area contributed by atoms with E-state index in [1.54, 1.807) is 0 Å². The molecule has 0 bridgehead atoms. The summed E-state index contributed by atoms with van der Waals surface area (Å²) in [4.78, 5) is 19.2. The molecule has 0 fully saturated rings. The lowest BCUT2D eigenvalue weighted by atomic mass is 9.82. The zero-order chi connectivity index (χ0) is 44.5. The Bertz CT molecular complexity index is 4290. The fourth-order valence-corrected chi connectivity index (χ4v) is 12.0. The molecule has 6 aromatic heterocycles. The predicted molar refractivity (Wildman–Crippen MR) is 279 cm³/mol. The number of pyridine rings is 4. The lowest BCUT2D eigenvalue weighted by Gasteiger charge is -2.23. The summed E-state index contributed by atoms with van der Waals surface area (Å²) in [5.41, 5.74) is 21.6. The van der Waals surface area contributed by atoms with Crippen LogP contribution in [0.2, 0.25) is 0 Å². The SMILES string of the molecule is C1=CC(c2cc3cccnc3c3ncccc23)Cc2c1n(-c1ccccc1)c1c3c(ccc21)-c1cc2c(cc1CC3)c1cc(-c3cc4cccnc4c4ncccc34)ccc1n2-c1ccccc1. The fraction of sp³-hybridized carbons (Fsp3) is 0.0645. The number of aromatic nitrogens is 6. The first kappa shape index (κ1) is 37.5. The monoisotopic (exact) mass is 868 g/mol. The summed E-state index contributed by atoms with van der Waals surface area (Å²) in [5, 5.41) is 8.34. The lowest BCUT2D eigenvalue weighted by molar-refractivity contribution is 0.833. The Morgan fingerprint density at radius 2 is 1.09 bits per heavy atom. The van der Waals surface area contributed by atoms with E-state index in [1.807, 2.05) is 43.0 Å². The molecule has 0 saturated heterocycles. The average molecular weight is 869 g/mol. The van der Waals surface area contributed by atoms with Gasteiger partial charge in [-0.1, -0.05) is 84.9 Å². The quantitative estimate of drug-likeness (QED) is 0.165. The number of benzene rings is 7. The van der Waals surface area contributed by atoms with Crippen molar-refractivity contribution in [3.63, 3.8) is 0 Å². The number of aryl methyl sites for hydroxylation is 2. The number of rotatable bonds is 4. The summed E-state index contributed by atoms with van der Waals surface area (Å²) in [6.07, 6.45) is 15.1. The largest absolute Gasteiger partial charge is 0.309 e. The summed E-state index contributed by atoms with van der Waals surface area (Å²) in [6, 6.07) is 60.1. The number of nitrogens with zero attached hydrogens (tertiary/aromatic N) is 6. The predicted octanol–water partition coefficient (Wildman–Crippen LogP) is 14.7. The van der Waals surface area contributed by atoms with Crippen molar-refractivity contribution in [1.29, 1.82) is 0 Å². The van der Waals surface area contributed by atoms with Crippen LogP contribution in [0, 0.1) is 0 Å². The standard InChI is InChI=1S/C62H40N6/c1-3-13-42(14-4-1)67-55-25-20-39(50-35-41-12-8-28-64-59(41)61-46(50)18-10-30-66-61)32-53(55)54-33-37-19-22-47-44(51(37)36-57(54)67)23-24-48-52-31-38(21-26-56(52)68(62(47)48)43-15-5-2-6-16-43)49-34-40-11-7-27-63-58(40)60-45(49)17-9-29-65-60/h1-18,20-21,23-30,32-36,38H,19,22,31H2. The van der Waals surface area contributed by atoms with Gasteiger partial charge in [0.2, 0.25) is 0 Å². The van der Waals surface area contributed by atoms with Gasteiger partial charge >= 0.3 is 0 Å². The minimum absolute atomic E-state index is 0.188. The van der Waals surface area contributed by atoms with Crippen molar-refractivity contribution in [3.8, 4) is 33.6 Å². The molecule has 7 aromatic carbocycles. The highest BCUT2D eigenvalue weighted by Gasteiger charge is 2.30. The smallest absolute Gasteiger partial charge is 0.0970 e. The lowest BCUT2D eigenvalue weighted by Crippen LogP contribution is -2.09. The zero-order valence-electron chi connectivity index (χ0n) is 36.9. The van der Waals surface area contributed by atoms with Crippen molar-refractivity contribution in [1.82, 2.24) is 29.1 Å². The summed E-state index contributed by atoms with van der Waals surface area (Å²) in [5.74, 6) is 0.188. The molecule has 0 amide bonds. The van der Waals surface area contributed by atoms with Crippen LogP contribution in [0.3, 0.4) is 0 Å². The van der Waals surface area contributed by atoms with Crippen LogP contribution in [0.5, 0.6) is 0 Å². The number of hydrogen-bond donors (Lipinski definition) is 0. The maximum atomic E-state index is 4.86. The van der Waals surface area contributed by atoms with Gasteiger partial charge < -0.3 is 9.13 Å². The summed E-state index contributed by atoms with van der Waals surface area (Å²) < 4.78 is 5.01. The number of hydrogen-bond acceptors (Lipinski definition) is 4. The van der Waals surface area contributed by atoms with Gasteiger partial charge in [0.1, 0.15) is 0 Å². The molecule has 2 aliphatic rings. The molecular weight excluding hydrogens is 829 g/mol. The third-order valence-electron chi connectivity index (χ3n) is 14.9. The van der Waals surface area contributed by atoms with E-state index in [1.165, 1.54) is 88.4 Å². The van der Waals surface area contributed by atoms with E-state index in [-0.39, 0.29) is 5.92 Å². The molecule has 6 nitrogen and oxygen atoms in total. The molecule has 0 radical (unpaired) electrons. The molecule has 0 spiro atoms. The van der Waals surface area contributed by atoms with Crippen LogP contribution in [-0.2, 0) is 19.3 Å². The first-order valence-electron chi connectivity index (χ1n) is 23.6. The van der Waals surface area contributed by atoms with E-state index in [2.05, 4.69) is 167 Å². The Morgan fingerprint density at radius 3 is 1.85 bits per heavy atom. The third kappa shape index (κ3) is 5.40. The molecule has 1 unspecified atom stereocenters. The molecule has 13 aromatic rings. The normalized spacial score (nSPS) is 14.4.